The fourth-order valence-corrected chi connectivity index (χ4v) is 4.44. The SMILES string of the molecule is CCS(=O)(=O)c1cccc(C(=O)N2CCSCC2CC(=O)O)c1. The van der Waals surface area contributed by atoms with E-state index >= 15 is 0 Å². The molecule has 0 bridgehead atoms. The summed E-state index contributed by atoms with van der Waals surface area (Å²) in [6.45, 7) is 2.01. The van der Waals surface area contributed by atoms with Gasteiger partial charge in [0.2, 0.25) is 0 Å². The molecule has 1 saturated heterocycles. The van der Waals surface area contributed by atoms with Gasteiger partial charge in [-0.2, -0.15) is 11.8 Å². The van der Waals surface area contributed by atoms with Crippen molar-refractivity contribution >= 4 is 33.5 Å². The summed E-state index contributed by atoms with van der Waals surface area (Å²) in [6.07, 6.45) is -0.105. The van der Waals surface area contributed by atoms with Crippen LogP contribution in [0.15, 0.2) is 29.2 Å². The first-order valence-corrected chi connectivity index (χ1v) is 10.1. The smallest absolute Gasteiger partial charge is 0.305 e. The van der Waals surface area contributed by atoms with Crippen molar-refractivity contribution in [2.75, 3.05) is 23.8 Å². The third kappa shape index (κ3) is 4.26. The Morgan fingerprint density at radius 3 is 2.78 bits per heavy atom. The van der Waals surface area contributed by atoms with Crippen LogP contribution in [-0.4, -0.2) is 60.1 Å². The zero-order valence-corrected chi connectivity index (χ0v) is 14.4. The van der Waals surface area contributed by atoms with Gasteiger partial charge in [0.25, 0.3) is 5.91 Å². The van der Waals surface area contributed by atoms with Crippen molar-refractivity contribution in [1.29, 1.82) is 0 Å². The van der Waals surface area contributed by atoms with Crippen LogP contribution in [-0.2, 0) is 14.6 Å². The number of hydrogen-bond donors (Lipinski definition) is 1. The van der Waals surface area contributed by atoms with Gasteiger partial charge < -0.3 is 10.0 Å². The van der Waals surface area contributed by atoms with E-state index in [4.69, 9.17) is 5.11 Å². The van der Waals surface area contributed by atoms with Gasteiger partial charge >= 0.3 is 5.97 Å². The van der Waals surface area contributed by atoms with Gasteiger partial charge in [-0.25, -0.2) is 8.42 Å². The summed E-state index contributed by atoms with van der Waals surface area (Å²) in [5.41, 5.74) is 0.279. The Morgan fingerprint density at radius 1 is 1.39 bits per heavy atom. The van der Waals surface area contributed by atoms with E-state index < -0.39 is 15.8 Å². The molecule has 2 rings (SSSR count). The highest BCUT2D eigenvalue weighted by Crippen LogP contribution is 2.22. The van der Waals surface area contributed by atoms with Gasteiger partial charge in [-0.05, 0) is 18.2 Å². The van der Waals surface area contributed by atoms with Crippen molar-refractivity contribution in [3.8, 4) is 0 Å². The summed E-state index contributed by atoms with van der Waals surface area (Å²) in [6, 6.07) is 5.58. The first-order valence-electron chi connectivity index (χ1n) is 7.28. The minimum Gasteiger partial charge on any atom is -0.481 e. The molecule has 1 aliphatic heterocycles. The third-order valence-electron chi connectivity index (χ3n) is 3.72. The summed E-state index contributed by atoms with van der Waals surface area (Å²) in [4.78, 5) is 25.3. The Labute approximate surface area is 139 Å². The van der Waals surface area contributed by atoms with Crippen LogP contribution < -0.4 is 0 Å². The monoisotopic (exact) mass is 357 g/mol. The van der Waals surface area contributed by atoms with Gasteiger partial charge in [0, 0.05) is 23.6 Å². The van der Waals surface area contributed by atoms with Gasteiger partial charge in [0.1, 0.15) is 0 Å². The number of carbonyl (C=O) groups is 2. The molecule has 126 valence electrons. The molecule has 1 N–H and O–H groups in total. The normalized spacial score (nSPS) is 18.7. The number of carboxylic acid groups (broad SMARTS) is 1. The van der Waals surface area contributed by atoms with Gasteiger partial charge in [-0.3, -0.25) is 9.59 Å². The quantitative estimate of drug-likeness (QED) is 0.859. The molecular formula is C15H19NO5S2. The van der Waals surface area contributed by atoms with Gasteiger partial charge in [0.05, 0.1) is 23.1 Å². The number of carbonyl (C=O) groups excluding carboxylic acids is 1. The molecule has 0 spiro atoms. The van der Waals surface area contributed by atoms with Crippen molar-refractivity contribution in [2.24, 2.45) is 0 Å². The van der Waals surface area contributed by atoms with Gasteiger partial charge in [-0.1, -0.05) is 13.0 Å². The second kappa shape index (κ2) is 7.35. The van der Waals surface area contributed by atoms with Crippen LogP contribution >= 0.6 is 11.8 Å². The Balaban J connectivity index is 2.28. The number of benzene rings is 1. The zero-order valence-electron chi connectivity index (χ0n) is 12.8. The molecule has 0 aliphatic carbocycles. The molecule has 0 saturated carbocycles. The summed E-state index contributed by atoms with van der Waals surface area (Å²) in [7, 11) is -3.39. The molecule has 1 aromatic carbocycles. The Morgan fingerprint density at radius 2 is 2.13 bits per heavy atom. The maximum Gasteiger partial charge on any atom is 0.305 e. The molecule has 1 aliphatic rings. The van der Waals surface area contributed by atoms with Gasteiger partial charge in [-0.15, -0.1) is 0 Å². The number of carboxylic acids is 1. The van der Waals surface area contributed by atoms with E-state index in [1.165, 1.54) is 12.1 Å². The standard InChI is InChI=1S/C15H19NO5S2/c1-2-23(20,21)13-5-3-4-11(8-13)15(19)16-6-7-22-10-12(16)9-14(17)18/h3-5,8,12H,2,6-7,9-10H2,1H3,(H,17,18). The van der Waals surface area contributed by atoms with E-state index in [2.05, 4.69) is 0 Å². The lowest BCUT2D eigenvalue weighted by atomic mass is 10.1. The summed E-state index contributed by atoms with van der Waals surface area (Å²) in [5, 5.41) is 8.99. The fraction of sp³-hybridized carbons (Fsp3) is 0.467. The van der Waals surface area contributed by atoms with Gasteiger partial charge in [0.15, 0.2) is 9.84 Å². The summed E-state index contributed by atoms with van der Waals surface area (Å²) < 4.78 is 23.9. The average molecular weight is 357 g/mol. The van der Waals surface area contributed by atoms with Crippen LogP contribution in [0.4, 0.5) is 0 Å². The van der Waals surface area contributed by atoms with Crippen molar-refractivity contribution < 1.29 is 23.1 Å². The summed E-state index contributed by atoms with van der Waals surface area (Å²) in [5.74, 6) is 0.0224. The van der Waals surface area contributed by atoms with Crippen LogP contribution in [0.5, 0.6) is 0 Å². The lowest BCUT2D eigenvalue weighted by Gasteiger charge is -2.34. The molecular weight excluding hydrogens is 338 g/mol. The van der Waals surface area contributed by atoms with Crippen LogP contribution in [0.25, 0.3) is 0 Å². The van der Waals surface area contributed by atoms with Crippen LogP contribution in [0, 0.1) is 0 Å². The molecule has 0 radical (unpaired) electrons. The minimum absolute atomic E-state index is 0.0351. The number of nitrogens with zero attached hydrogens (tertiary/aromatic N) is 1. The molecule has 1 unspecified atom stereocenters. The van der Waals surface area contributed by atoms with E-state index in [-0.39, 0.29) is 34.6 Å². The second-order valence-corrected chi connectivity index (χ2v) is 8.68. The minimum atomic E-state index is -3.39. The van der Waals surface area contributed by atoms with E-state index in [0.717, 1.165) is 5.75 Å². The number of sulfone groups is 1. The third-order valence-corrected chi connectivity index (χ3v) is 6.54. The number of aliphatic carboxylic acids is 1. The van der Waals surface area contributed by atoms with E-state index in [1.807, 2.05) is 0 Å². The molecule has 1 aromatic rings. The molecule has 1 amide bonds. The molecule has 1 atom stereocenters. The lowest BCUT2D eigenvalue weighted by molar-refractivity contribution is -0.138. The Bertz CT molecular complexity index is 702. The fourth-order valence-electron chi connectivity index (χ4n) is 2.45. The average Bonchev–Trinajstić information content (AvgIpc) is 2.54. The Kier molecular flexibility index (Phi) is 5.69. The molecule has 6 nitrogen and oxygen atoms in total. The number of hydrogen-bond acceptors (Lipinski definition) is 5. The van der Waals surface area contributed by atoms with Crippen LogP contribution in [0.3, 0.4) is 0 Å². The highest BCUT2D eigenvalue weighted by molar-refractivity contribution is 7.99. The molecule has 8 heteroatoms. The van der Waals surface area contributed by atoms with Crippen molar-refractivity contribution in [2.45, 2.75) is 24.3 Å². The predicted octanol–water partition coefficient (Wildman–Crippen LogP) is 1.51. The van der Waals surface area contributed by atoms with Crippen molar-refractivity contribution in [3.05, 3.63) is 29.8 Å². The lowest BCUT2D eigenvalue weighted by Crippen LogP contribution is -2.47. The Hall–Kier alpha value is -1.54. The highest BCUT2D eigenvalue weighted by atomic mass is 32.2. The predicted molar refractivity (Wildman–Crippen MR) is 88.6 cm³/mol. The van der Waals surface area contributed by atoms with E-state index in [0.29, 0.717) is 12.3 Å². The maximum absolute atomic E-state index is 12.7. The number of thioether (sulfide) groups is 1. The molecule has 1 heterocycles. The topological polar surface area (TPSA) is 91.8 Å². The molecule has 23 heavy (non-hydrogen) atoms. The summed E-state index contributed by atoms with van der Waals surface area (Å²) >= 11 is 1.62. The highest BCUT2D eigenvalue weighted by Gasteiger charge is 2.30. The zero-order chi connectivity index (χ0) is 17.0. The van der Waals surface area contributed by atoms with Crippen LogP contribution in [0.1, 0.15) is 23.7 Å². The number of amides is 1. The first-order chi connectivity index (χ1) is 10.8. The first kappa shape index (κ1) is 17.8. The van der Waals surface area contributed by atoms with Crippen molar-refractivity contribution in [1.82, 2.24) is 4.90 Å². The number of rotatable bonds is 5. The van der Waals surface area contributed by atoms with E-state index in [1.54, 1.807) is 35.7 Å². The molecule has 1 fully saturated rings. The van der Waals surface area contributed by atoms with Crippen LogP contribution in [0.2, 0.25) is 0 Å². The van der Waals surface area contributed by atoms with E-state index in [9.17, 15) is 18.0 Å². The second-order valence-electron chi connectivity index (χ2n) is 5.26. The maximum atomic E-state index is 12.7. The molecule has 0 aromatic heterocycles. The van der Waals surface area contributed by atoms with Crippen molar-refractivity contribution in [3.63, 3.8) is 0 Å². The largest absolute Gasteiger partial charge is 0.481 e.